The van der Waals surface area contributed by atoms with Gasteiger partial charge in [-0.25, -0.2) is 0 Å². The second-order valence-electron chi connectivity index (χ2n) is 7.51. The molecule has 0 unspecified atom stereocenters. The zero-order chi connectivity index (χ0) is 21.6. The molecule has 0 aromatic rings. The number of esters is 2. The van der Waals surface area contributed by atoms with E-state index in [4.69, 9.17) is 12.3 Å². The average molecular weight is 478 g/mol. The van der Waals surface area contributed by atoms with Crippen LogP contribution in [0.2, 0.25) is 0 Å². The molecule has 0 radical (unpaired) electrons. The van der Waals surface area contributed by atoms with Crippen molar-refractivity contribution in [3.8, 4) is 0 Å². The standard InChI is InChI=1S/2C8H14O3.C2H5O.In.2H/c2*1-6(9)5-7(10)11-8(2,3)4;1-2-3;;;/h2*5H2,1-4H3;2H2,1H3;;;/q;;-1;+1;;. The fourth-order valence-corrected chi connectivity index (χ4v) is 1.16. The third-order valence-corrected chi connectivity index (χ3v) is 3.56. The van der Waals surface area contributed by atoms with Crippen LogP contribution in [0.4, 0.5) is 0 Å². The molecular formula is C18H35InO7. The summed E-state index contributed by atoms with van der Waals surface area (Å²) >= 11 is 0.485. The summed E-state index contributed by atoms with van der Waals surface area (Å²) in [5.41, 5.74) is -0.987. The predicted octanol–water partition coefficient (Wildman–Crippen LogP) is 2.19. The van der Waals surface area contributed by atoms with Crippen molar-refractivity contribution in [2.75, 3.05) is 6.61 Å². The molecule has 0 aliphatic rings. The van der Waals surface area contributed by atoms with Crippen LogP contribution in [-0.4, -0.2) is 66.1 Å². The quantitative estimate of drug-likeness (QED) is 0.442. The summed E-state index contributed by atoms with van der Waals surface area (Å²) in [5.74, 6) is -1.24. The number of ether oxygens (including phenoxy) is 2. The molecule has 0 rings (SSSR count). The fraction of sp³-hybridized carbons (Fsp3) is 0.778. The topological polar surface area (TPSA) is 96.0 Å². The number of rotatable bonds is 5. The summed E-state index contributed by atoms with van der Waals surface area (Å²) in [4.78, 5) is 42.5. The van der Waals surface area contributed by atoms with E-state index in [9.17, 15) is 19.2 Å². The van der Waals surface area contributed by atoms with Crippen LogP contribution in [0.1, 0.15) is 75.2 Å². The molecule has 0 spiro atoms. The molecule has 0 aliphatic heterocycles. The van der Waals surface area contributed by atoms with E-state index in [1.54, 1.807) is 41.5 Å². The van der Waals surface area contributed by atoms with Crippen molar-refractivity contribution < 1.29 is 31.5 Å². The molecule has 0 N–H and O–H groups in total. The van der Waals surface area contributed by atoms with Gasteiger partial charge >= 0.3 is 53.1 Å². The number of carbonyl (C=O) groups excluding carboxylic acids is 4. The van der Waals surface area contributed by atoms with E-state index in [1.165, 1.54) is 13.8 Å². The van der Waals surface area contributed by atoms with Crippen LogP contribution < -0.4 is 0 Å². The third kappa shape index (κ3) is 34.4. The Labute approximate surface area is 172 Å². The molecule has 0 fully saturated rings. The summed E-state index contributed by atoms with van der Waals surface area (Å²) in [7, 11) is 0. The van der Waals surface area contributed by atoms with Crippen molar-refractivity contribution in [2.45, 2.75) is 86.4 Å². The summed E-state index contributed by atoms with van der Waals surface area (Å²) in [6.45, 7) is 16.3. The molecule has 0 bridgehead atoms. The van der Waals surface area contributed by atoms with E-state index in [-0.39, 0.29) is 24.4 Å². The number of carbonyl (C=O) groups is 4. The predicted molar refractivity (Wildman–Crippen MR) is 102 cm³/mol. The van der Waals surface area contributed by atoms with Crippen molar-refractivity contribution in [2.24, 2.45) is 0 Å². The molecule has 0 aliphatic carbocycles. The van der Waals surface area contributed by atoms with Gasteiger partial charge in [0.2, 0.25) is 0 Å². The minimum atomic E-state index is -0.494. The molecule has 0 aromatic heterocycles. The first-order chi connectivity index (χ1) is 11.5. The number of hydrogen-bond acceptors (Lipinski definition) is 7. The van der Waals surface area contributed by atoms with Crippen LogP contribution in [0.25, 0.3) is 0 Å². The third-order valence-electron chi connectivity index (χ3n) is 1.92. The van der Waals surface area contributed by atoms with Gasteiger partial charge in [0.25, 0.3) is 0 Å². The first-order valence-corrected chi connectivity index (χ1v) is 10.8. The van der Waals surface area contributed by atoms with Gasteiger partial charge in [-0.2, -0.15) is 0 Å². The van der Waals surface area contributed by atoms with Gasteiger partial charge in [0, 0.05) is 0 Å². The number of Topliss-reactive ketones (excluding diaryl/α,β-unsaturated/α-hetero) is 2. The Morgan fingerprint density at radius 2 is 0.962 bits per heavy atom. The van der Waals surface area contributed by atoms with Crippen molar-refractivity contribution in [3.63, 3.8) is 0 Å². The molecule has 0 saturated carbocycles. The van der Waals surface area contributed by atoms with Crippen LogP contribution in [0.3, 0.4) is 0 Å². The molecular weight excluding hydrogens is 443 g/mol. The van der Waals surface area contributed by atoms with Crippen LogP contribution in [-0.2, 0) is 31.5 Å². The van der Waals surface area contributed by atoms with Crippen LogP contribution >= 0.6 is 0 Å². The molecule has 26 heavy (non-hydrogen) atoms. The van der Waals surface area contributed by atoms with Gasteiger partial charge < -0.3 is 9.47 Å². The van der Waals surface area contributed by atoms with E-state index in [0.29, 0.717) is 24.8 Å². The van der Waals surface area contributed by atoms with Crippen molar-refractivity contribution in [1.82, 2.24) is 0 Å². The summed E-state index contributed by atoms with van der Waals surface area (Å²) in [6.07, 6.45) is -0.255. The van der Waals surface area contributed by atoms with Gasteiger partial charge in [-0.3, -0.25) is 19.2 Å². The molecule has 0 saturated heterocycles. The maximum atomic E-state index is 10.8. The first kappa shape index (κ1) is 29.9. The van der Waals surface area contributed by atoms with Crippen LogP contribution in [0.5, 0.6) is 0 Å². The molecule has 0 atom stereocenters. The van der Waals surface area contributed by atoms with E-state index in [1.807, 2.05) is 6.92 Å². The molecule has 0 amide bonds. The molecule has 0 heterocycles. The summed E-state index contributed by atoms with van der Waals surface area (Å²) in [5, 5.41) is 0. The molecule has 8 heteroatoms. The van der Waals surface area contributed by atoms with E-state index < -0.39 is 23.1 Å². The average Bonchev–Trinajstić information content (AvgIpc) is 2.32. The minimum absolute atomic E-state index is 0.128. The van der Waals surface area contributed by atoms with E-state index in [2.05, 4.69) is 0 Å². The number of ketones is 2. The number of hydrogen-bond donors (Lipinski definition) is 0. The Morgan fingerprint density at radius 1 is 0.731 bits per heavy atom. The van der Waals surface area contributed by atoms with Crippen molar-refractivity contribution in [3.05, 3.63) is 0 Å². The molecule has 152 valence electrons. The summed E-state index contributed by atoms with van der Waals surface area (Å²) in [6, 6.07) is 0. The SMILES string of the molecule is CC(=O)CC(=O)OC(C)(C)C.CC(=O)CC(=O)OC(C)(C)C.CC[O][InH2]. The molecule has 7 nitrogen and oxygen atoms in total. The van der Waals surface area contributed by atoms with Gasteiger partial charge in [-0.1, -0.05) is 0 Å². The van der Waals surface area contributed by atoms with Gasteiger partial charge in [0.15, 0.2) is 0 Å². The van der Waals surface area contributed by atoms with Gasteiger partial charge in [-0.05, 0) is 55.4 Å². The Morgan fingerprint density at radius 3 is 1.08 bits per heavy atom. The fourth-order valence-electron chi connectivity index (χ4n) is 1.16. The van der Waals surface area contributed by atoms with Gasteiger partial charge in [0.05, 0.1) is 0 Å². The summed E-state index contributed by atoms with van der Waals surface area (Å²) < 4.78 is 14.5. The second kappa shape index (κ2) is 15.2. The van der Waals surface area contributed by atoms with Gasteiger partial charge in [0.1, 0.15) is 35.6 Å². The maximum absolute atomic E-state index is 10.8. The second-order valence-corrected chi connectivity index (χ2v) is 9.16. The van der Waals surface area contributed by atoms with Crippen molar-refractivity contribution in [1.29, 1.82) is 0 Å². The van der Waals surface area contributed by atoms with E-state index >= 15 is 0 Å². The monoisotopic (exact) mass is 478 g/mol. The Balaban J connectivity index is -0.000000338. The van der Waals surface area contributed by atoms with Crippen molar-refractivity contribution >= 4 is 48.3 Å². The Bertz CT molecular complexity index is 403. The van der Waals surface area contributed by atoms with E-state index in [0.717, 1.165) is 6.61 Å². The normalized spacial score (nSPS) is 10.3. The zero-order valence-electron chi connectivity index (χ0n) is 18.0. The Kier molecular flexibility index (Phi) is 17.5. The Hall–Kier alpha value is -0.890. The van der Waals surface area contributed by atoms with Crippen LogP contribution in [0.15, 0.2) is 0 Å². The van der Waals surface area contributed by atoms with Gasteiger partial charge in [-0.15, -0.1) is 0 Å². The molecule has 0 aromatic carbocycles. The van der Waals surface area contributed by atoms with Crippen LogP contribution in [0, 0.1) is 0 Å². The first-order valence-electron chi connectivity index (χ1n) is 8.45. The zero-order valence-corrected chi connectivity index (χ0v) is 23.7.